The second-order valence-electron chi connectivity index (χ2n) is 5.68. The third kappa shape index (κ3) is 4.52. The molecule has 0 amide bonds. The van der Waals surface area contributed by atoms with Gasteiger partial charge in [0.2, 0.25) is 0 Å². The number of ether oxygens (including phenoxy) is 1. The number of rotatable bonds is 7. The summed E-state index contributed by atoms with van der Waals surface area (Å²) in [5.41, 5.74) is -1.04. The van der Waals surface area contributed by atoms with Crippen LogP contribution in [0, 0.1) is 16.0 Å². The average Bonchev–Trinajstić information content (AvgIpc) is 3.28. The van der Waals surface area contributed by atoms with E-state index in [1.807, 2.05) is 0 Å². The zero-order chi connectivity index (χ0) is 18.9. The van der Waals surface area contributed by atoms with Crippen LogP contribution in [-0.2, 0) is 6.18 Å². The summed E-state index contributed by atoms with van der Waals surface area (Å²) < 4.78 is 46.7. The predicted molar refractivity (Wildman–Crippen MR) is 91.8 cm³/mol. The van der Waals surface area contributed by atoms with Crippen LogP contribution in [-0.4, -0.2) is 16.6 Å². The van der Waals surface area contributed by atoms with E-state index in [1.165, 1.54) is 12.1 Å². The van der Waals surface area contributed by atoms with Gasteiger partial charge in [-0.3, -0.25) is 10.1 Å². The first-order chi connectivity index (χ1) is 12.2. The maximum absolute atomic E-state index is 12.6. The van der Waals surface area contributed by atoms with Gasteiger partial charge in [-0.15, -0.1) is 0 Å². The molecule has 0 saturated heterocycles. The first-order valence-corrected chi connectivity index (χ1v) is 9.11. The summed E-state index contributed by atoms with van der Waals surface area (Å²) in [4.78, 5) is 10.6. The van der Waals surface area contributed by atoms with E-state index in [1.54, 1.807) is 0 Å². The van der Waals surface area contributed by atoms with Crippen LogP contribution < -0.4 is 9.46 Å². The van der Waals surface area contributed by atoms with Crippen molar-refractivity contribution in [3.63, 3.8) is 0 Å². The molecular formula is C15H13F3N2O4S2. The second kappa shape index (κ2) is 7.23. The van der Waals surface area contributed by atoms with E-state index in [-0.39, 0.29) is 16.4 Å². The van der Waals surface area contributed by atoms with Crippen LogP contribution in [0.25, 0.3) is 0 Å². The van der Waals surface area contributed by atoms with Crippen LogP contribution in [0.15, 0.2) is 28.5 Å². The number of halogens is 3. The van der Waals surface area contributed by atoms with Gasteiger partial charge in [-0.2, -0.15) is 13.2 Å². The number of phenolic OH excluding ortho intramolecular Hbond substituents is 1. The SMILES string of the molecule is O=[N+]([O-])c1cc(SNc2ccc(C(F)(F)F)c(O)c2)sc1OCC1CC1. The third-order valence-electron chi connectivity index (χ3n) is 3.57. The Hall–Kier alpha value is -2.14. The van der Waals surface area contributed by atoms with E-state index in [9.17, 15) is 28.4 Å². The predicted octanol–water partition coefficient (Wildman–Crippen LogP) is 5.29. The number of thiophene rings is 1. The Morgan fingerprint density at radius 3 is 2.69 bits per heavy atom. The Balaban J connectivity index is 1.68. The second-order valence-corrected chi connectivity index (χ2v) is 7.80. The van der Waals surface area contributed by atoms with Crippen molar-refractivity contribution in [3.05, 3.63) is 39.9 Å². The van der Waals surface area contributed by atoms with Gasteiger partial charge in [0.15, 0.2) is 0 Å². The standard InChI is InChI=1S/C15H13F3N2O4S2/c16-15(17,18)10-4-3-9(5-12(10)21)19-26-13-6-11(20(22)23)14(25-13)24-7-8-1-2-8/h3-6,8,19,21H,1-2,7H2. The molecule has 0 atom stereocenters. The number of aromatic hydroxyl groups is 1. The molecule has 2 N–H and O–H groups in total. The smallest absolute Gasteiger partial charge is 0.419 e. The van der Waals surface area contributed by atoms with Crippen LogP contribution >= 0.6 is 23.3 Å². The van der Waals surface area contributed by atoms with Gasteiger partial charge in [0.1, 0.15) is 5.75 Å². The number of hydrogen-bond acceptors (Lipinski definition) is 7. The molecule has 1 aromatic heterocycles. The van der Waals surface area contributed by atoms with Gasteiger partial charge >= 0.3 is 11.9 Å². The van der Waals surface area contributed by atoms with Crippen molar-refractivity contribution in [3.8, 4) is 10.8 Å². The maximum Gasteiger partial charge on any atom is 0.419 e. The van der Waals surface area contributed by atoms with Crippen molar-refractivity contribution >= 4 is 34.7 Å². The molecule has 3 rings (SSSR count). The van der Waals surface area contributed by atoms with E-state index >= 15 is 0 Å². The quantitative estimate of drug-likeness (QED) is 0.369. The molecule has 1 heterocycles. The zero-order valence-electron chi connectivity index (χ0n) is 13.1. The van der Waals surface area contributed by atoms with Gasteiger partial charge in [-0.05, 0) is 42.8 Å². The number of hydrogen-bond donors (Lipinski definition) is 2. The van der Waals surface area contributed by atoms with Gasteiger partial charge in [-0.25, -0.2) is 0 Å². The highest BCUT2D eigenvalue weighted by atomic mass is 32.2. The molecule has 1 saturated carbocycles. The summed E-state index contributed by atoms with van der Waals surface area (Å²) in [6, 6.07) is 4.22. The summed E-state index contributed by atoms with van der Waals surface area (Å²) in [5, 5.41) is 20.8. The summed E-state index contributed by atoms with van der Waals surface area (Å²) in [6.07, 6.45) is -2.53. The van der Waals surface area contributed by atoms with Crippen molar-refractivity contribution in [1.29, 1.82) is 0 Å². The Morgan fingerprint density at radius 1 is 1.38 bits per heavy atom. The Labute approximate surface area is 154 Å². The largest absolute Gasteiger partial charge is 0.507 e. The monoisotopic (exact) mass is 406 g/mol. The van der Waals surface area contributed by atoms with Gasteiger partial charge in [0, 0.05) is 17.8 Å². The van der Waals surface area contributed by atoms with Crippen molar-refractivity contribution in [2.45, 2.75) is 23.2 Å². The zero-order valence-corrected chi connectivity index (χ0v) is 14.7. The average molecular weight is 406 g/mol. The third-order valence-corrected chi connectivity index (χ3v) is 5.56. The Bertz CT molecular complexity index is 822. The van der Waals surface area contributed by atoms with Crippen molar-refractivity contribution in [1.82, 2.24) is 0 Å². The molecule has 0 bridgehead atoms. The number of benzene rings is 1. The number of nitro groups is 1. The van der Waals surface area contributed by atoms with Crippen LogP contribution in [0.1, 0.15) is 18.4 Å². The van der Waals surface area contributed by atoms with Gasteiger partial charge in [0.05, 0.1) is 21.3 Å². The minimum Gasteiger partial charge on any atom is -0.507 e. The molecule has 1 fully saturated rings. The van der Waals surface area contributed by atoms with Crippen molar-refractivity contribution < 1.29 is 27.9 Å². The van der Waals surface area contributed by atoms with Crippen molar-refractivity contribution in [2.75, 3.05) is 11.3 Å². The van der Waals surface area contributed by atoms with E-state index in [0.717, 1.165) is 48.3 Å². The molecule has 1 aromatic carbocycles. The van der Waals surface area contributed by atoms with Crippen LogP contribution in [0.5, 0.6) is 10.8 Å². The lowest BCUT2D eigenvalue weighted by molar-refractivity contribution is -0.385. The maximum atomic E-state index is 12.6. The molecule has 11 heteroatoms. The molecule has 140 valence electrons. The lowest BCUT2D eigenvalue weighted by Gasteiger charge is -2.10. The topological polar surface area (TPSA) is 84.6 Å². The number of nitrogens with one attached hydrogen (secondary N) is 1. The number of phenols is 1. The van der Waals surface area contributed by atoms with Gasteiger partial charge < -0.3 is 14.6 Å². The molecule has 0 spiro atoms. The summed E-state index contributed by atoms with van der Waals surface area (Å²) in [5.74, 6) is -0.449. The minimum atomic E-state index is -4.64. The van der Waals surface area contributed by atoms with Crippen LogP contribution in [0.4, 0.5) is 24.5 Å². The summed E-state index contributed by atoms with van der Waals surface area (Å²) in [6.45, 7) is 0.436. The van der Waals surface area contributed by atoms with Gasteiger partial charge in [0.25, 0.3) is 5.06 Å². The van der Waals surface area contributed by atoms with E-state index in [2.05, 4.69) is 4.72 Å². The Morgan fingerprint density at radius 2 is 2.12 bits per heavy atom. The summed E-state index contributed by atoms with van der Waals surface area (Å²) >= 11 is 2.07. The van der Waals surface area contributed by atoms with Crippen LogP contribution in [0.3, 0.4) is 0 Å². The summed E-state index contributed by atoms with van der Waals surface area (Å²) in [7, 11) is 0. The molecule has 26 heavy (non-hydrogen) atoms. The number of anilines is 1. The van der Waals surface area contributed by atoms with E-state index < -0.39 is 22.4 Å². The van der Waals surface area contributed by atoms with E-state index in [0.29, 0.717) is 16.7 Å². The Kier molecular flexibility index (Phi) is 5.19. The van der Waals surface area contributed by atoms with E-state index in [4.69, 9.17) is 4.74 Å². The molecule has 0 radical (unpaired) electrons. The number of alkyl halides is 3. The van der Waals surface area contributed by atoms with Crippen LogP contribution in [0.2, 0.25) is 0 Å². The first-order valence-electron chi connectivity index (χ1n) is 7.48. The lowest BCUT2D eigenvalue weighted by Crippen LogP contribution is -2.05. The molecular weight excluding hydrogens is 393 g/mol. The first kappa shape index (κ1) is 18.6. The molecule has 0 unspecified atom stereocenters. The van der Waals surface area contributed by atoms with Crippen molar-refractivity contribution in [2.24, 2.45) is 5.92 Å². The highest BCUT2D eigenvalue weighted by molar-refractivity contribution is 8.02. The van der Waals surface area contributed by atoms with Gasteiger partial charge in [-0.1, -0.05) is 11.3 Å². The normalized spacial score (nSPS) is 14.3. The fourth-order valence-electron chi connectivity index (χ4n) is 2.05. The molecule has 1 aliphatic rings. The number of nitrogens with zero attached hydrogens (tertiary/aromatic N) is 1. The fourth-order valence-corrected chi connectivity index (χ4v) is 3.80. The molecule has 6 nitrogen and oxygen atoms in total. The molecule has 0 aliphatic heterocycles. The fraction of sp³-hybridized carbons (Fsp3) is 0.333. The highest BCUT2D eigenvalue weighted by Gasteiger charge is 2.33. The highest BCUT2D eigenvalue weighted by Crippen LogP contribution is 2.43. The lowest BCUT2D eigenvalue weighted by atomic mass is 10.2. The molecule has 1 aliphatic carbocycles. The molecule has 2 aromatic rings. The minimum absolute atomic E-state index is 0.143.